The Morgan fingerprint density at radius 2 is 2.17 bits per heavy atom. The quantitative estimate of drug-likeness (QED) is 0.904. The maximum Gasteiger partial charge on any atom is 0.393 e. The zero-order chi connectivity index (χ0) is 16.6. The number of thiazole rings is 1. The van der Waals surface area contributed by atoms with Gasteiger partial charge in [-0.1, -0.05) is 6.07 Å². The monoisotopic (exact) mass is 362 g/mol. The van der Waals surface area contributed by atoms with E-state index in [1.165, 1.54) is 16.2 Å². The van der Waals surface area contributed by atoms with Gasteiger partial charge in [0.25, 0.3) is 0 Å². The second-order valence-electron chi connectivity index (χ2n) is 5.41. The average Bonchev–Trinajstić information content (AvgIpc) is 3.17. The Morgan fingerprint density at radius 3 is 2.74 bits per heavy atom. The summed E-state index contributed by atoms with van der Waals surface area (Å²) in [6.45, 7) is -0.171. The van der Waals surface area contributed by atoms with Gasteiger partial charge in [-0.25, -0.2) is 4.98 Å². The molecule has 4 nitrogen and oxygen atoms in total. The molecule has 0 aromatic carbocycles. The zero-order valence-electron chi connectivity index (χ0n) is 11.8. The lowest BCUT2D eigenvalue weighted by Crippen LogP contribution is -2.33. The number of hydrogen-bond donors (Lipinski definition) is 1. The molecule has 0 unspecified atom stereocenters. The molecule has 23 heavy (non-hydrogen) atoms. The number of thiophene rings is 1. The maximum atomic E-state index is 13.0. The van der Waals surface area contributed by atoms with Crippen LogP contribution in [0.3, 0.4) is 0 Å². The van der Waals surface area contributed by atoms with Crippen molar-refractivity contribution < 1.29 is 23.1 Å². The minimum Gasteiger partial charge on any atom is -0.481 e. The van der Waals surface area contributed by atoms with Gasteiger partial charge in [-0.05, 0) is 11.4 Å². The van der Waals surface area contributed by atoms with E-state index in [4.69, 9.17) is 5.11 Å². The predicted octanol–water partition coefficient (Wildman–Crippen LogP) is 3.57. The van der Waals surface area contributed by atoms with Gasteiger partial charge in [-0.15, -0.1) is 22.7 Å². The summed E-state index contributed by atoms with van der Waals surface area (Å²) in [4.78, 5) is 18.0. The van der Waals surface area contributed by atoms with Crippen molar-refractivity contribution in [2.75, 3.05) is 13.1 Å². The zero-order valence-corrected chi connectivity index (χ0v) is 13.4. The Balaban J connectivity index is 1.70. The Labute approximate surface area is 138 Å². The number of carboxylic acid groups (broad SMARTS) is 1. The molecule has 1 N–H and O–H groups in total. The van der Waals surface area contributed by atoms with Crippen LogP contribution in [-0.2, 0) is 11.3 Å². The minimum absolute atomic E-state index is 0.106. The van der Waals surface area contributed by atoms with E-state index >= 15 is 0 Å². The largest absolute Gasteiger partial charge is 0.481 e. The molecule has 2 aromatic rings. The summed E-state index contributed by atoms with van der Waals surface area (Å²) >= 11 is 2.99. The molecule has 1 aliphatic heterocycles. The van der Waals surface area contributed by atoms with Crippen molar-refractivity contribution in [2.24, 2.45) is 11.8 Å². The smallest absolute Gasteiger partial charge is 0.393 e. The Hall–Kier alpha value is -1.45. The number of aliphatic carboxylic acids is 1. The fourth-order valence-electron chi connectivity index (χ4n) is 2.72. The summed E-state index contributed by atoms with van der Waals surface area (Å²) in [5.41, 5.74) is 0.672. The highest BCUT2D eigenvalue weighted by atomic mass is 32.1. The van der Waals surface area contributed by atoms with E-state index in [1.54, 1.807) is 11.3 Å². The number of likely N-dealkylation sites (tertiary alicyclic amines) is 1. The van der Waals surface area contributed by atoms with Crippen LogP contribution in [0.25, 0.3) is 9.88 Å². The van der Waals surface area contributed by atoms with Crippen LogP contribution in [0.4, 0.5) is 13.2 Å². The van der Waals surface area contributed by atoms with Gasteiger partial charge in [-0.2, -0.15) is 13.2 Å². The molecule has 0 aliphatic carbocycles. The molecular weight excluding hydrogens is 349 g/mol. The van der Waals surface area contributed by atoms with Gasteiger partial charge in [-0.3, -0.25) is 9.69 Å². The normalized spacial score (nSPS) is 22.6. The first-order chi connectivity index (χ1) is 10.8. The number of nitrogens with zero attached hydrogens (tertiary/aromatic N) is 2. The summed E-state index contributed by atoms with van der Waals surface area (Å²) in [5.74, 6) is -4.63. The fourth-order valence-corrected chi connectivity index (χ4v) is 4.34. The SMILES string of the molecule is O=C(O)[C@@H]1CN(Cc2csc(-c3cccs3)n2)C[C@H]1C(F)(F)F. The standard InChI is InChI=1S/C14H13F3N2O2S2/c15-14(16,17)10-6-19(5-9(10)13(20)21)4-8-7-23-12(18-8)11-2-1-3-22-11/h1-3,7,9-10H,4-6H2,(H,20,21)/t9-,10-/m1/s1. The fraction of sp³-hybridized carbons (Fsp3) is 0.429. The molecule has 0 bridgehead atoms. The maximum absolute atomic E-state index is 13.0. The molecule has 3 heterocycles. The molecule has 0 saturated carbocycles. The van der Waals surface area contributed by atoms with E-state index in [9.17, 15) is 18.0 Å². The lowest BCUT2D eigenvalue weighted by molar-refractivity contribution is -0.188. The lowest BCUT2D eigenvalue weighted by Gasteiger charge is -2.18. The van der Waals surface area contributed by atoms with E-state index < -0.39 is 24.0 Å². The summed E-state index contributed by atoms with van der Waals surface area (Å²) in [6, 6.07) is 3.84. The second-order valence-corrected chi connectivity index (χ2v) is 7.21. The average molecular weight is 362 g/mol. The molecule has 0 spiro atoms. The predicted molar refractivity (Wildman–Crippen MR) is 81.4 cm³/mol. The first kappa shape index (κ1) is 16.4. The van der Waals surface area contributed by atoms with Crippen molar-refractivity contribution in [1.82, 2.24) is 9.88 Å². The summed E-state index contributed by atoms with van der Waals surface area (Å²) in [6.07, 6.45) is -4.50. The number of aromatic nitrogens is 1. The van der Waals surface area contributed by atoms with Gasteiger partial charge in [0, 0.05) is 25.0 Å². The first-order valence-electron chi connectivity index (χ1n) is 6.84. The number of carboxylic acids is 1. The van der Waals surface area contributed by atoms with E-state index in [-0.39, 0.29) is 19.6 Å². The third-order valence-electron chi connectivity index (χ3n) is 3.80. The topological polar surface area (TPSA) is 53.4 Å². The molecule has 9 heteroatoms. The summed E-state index contributed by atoms with van der Waals surface area (Å²) < 4.78 is 38.9. The van der Waals surface area contributed by atoms with Crippen LogP contribution in [0.1, 0.15) is 5.69 Å². The van der Waals surface area contributed by atoms with Gasteiger partial charge in [0.1, 0.15) is 5.01 Å². The highest BCUT2D eigenvalue weighted by Crippen LogP contribution is 2.38. The van der Waals surface area contributed by atoms with Crippen molar-refractivity contribution in [3.8, 4) is 9.88 Å². The Bertz CT molecular complexity index is 685. The molecule has 2 atom stereocenters. The molecule has 3 rings (SSSR count). The summed E-state index contributed by atoms with van der Waals surface area (Å²) in [7, 11) is 0. The molecule has 0 amide bonds. The van der Waals surface area contributed by atoms with Crippen molar-refractivity contribution in [2.45, 2.75) is 12.7 Å². The van der Waals surface area contributed by atoms with Gasteiger partial charge >= 0.3 is 12.1 Å². The molecule has 1 saturated heterocycles. The van der Waals surface area contributed by atoms with Crippen LogP contribution in [0, 0.1) is 11.8 Å². The molecule has 2 aromatic heterocycles. The van der Waals surface area contributed by atoms with Gasteiger partial charge in [0.15, 0.2) is 0 Å². The van der Waals surface area contributed by atoms with Crippen molar-refractivity contribution in [3.05, 3.63) is 28.6 Å². The third kappa shape index (κ3) is 3.56. The number of rotatable bonds is 4. The van der Waals surface area contributed by atoms with Crippen LogP contribution in [0.2, 0.25) is 0 Å². The van der Waals surface area contributed by atoms with Crippen LogP contribution < -0.4 is 0 Å². The Kier molecular flexibility index (Phi) is 4.43. The van der Waals surface area contributed by atoms with E-state index in [1.807, 2.05) is 22.9 Å². The molecule has 1 aliphatic rings. The van der Waals surface area contributed by atoms with Crippen molar-refractivity contribution in [1.29, 1.82) is 0 Å². The van der Waals surface area contributed by atoms with Crippen LogP contribution in [0.15, 0.2) is 22.9 Å². The van der Waals surface area contributed by atoms with Gasteiger partial charge in [0.2, 0.25) is 0 Å². The highest BCUT2D eigenvalue weighted by molar-refractivity contribution is 7.20. The first-order valence-corrected chi connectivity index (χ1v) is 8.60. The van der Waals surface area contributed by atoms with Crippen LogP contribution in [0.5, 0.6) is 0 Å². The summed E-state index contributed by atoms with van der Waals surface area (Å²) in [5, 5.41) is 13.6. The van der Waals surface area contributed by atoms with Crippen molar-refractivity contribution >= 4 is 28.6 Å². The van der Waals surface area contributed by atoms with Gasteiger partial charge in [0.05, 0.1) is 22.4 Å². The third-order valence-corrected chi connectivity index (χ3v) is 5.73. The van der Waals surface area contributed by atoms with E-state index in [0.717, 1.165) is 9.88 Å². The number of carbonyl (C=O) groups is 1. The number of halogens is 3. The highest BCUT2D eigenvalue weighted by Gasteiger charge is 2.52. The van der Waals surface area contributed by atoms with Gasteiger partial charge < -0.3 is 5.11 Å². The Morgan fingerprint density at radius 1 is 1.39 bits per heavy atom. The molecule has 124 valence electrons. The number of hydrogen-bond acceptors (Lipinski definition) is 5. The second kappa shape index (κ2) is 6.21. The minimum atomic E-state index is -4.50. The van der Waals surface area contributed by atoms with Crippen LogP contribution in [-0.4, -0.2) is 40.2 Å². The van der Waals surface area contributed by atoms with E-state index in [2.05, 4.69) is 4.98 Å². The van der Waals surface area contributed by atoms with Crippen molar-refractivity contribution in [3.63, 3.8) is 0 Å². The number of alkyl halides is 3. The molecular formula is C14H13F3N2O2S2. The molecule has 1 fully saturated rings. The van der Waals surface area contributed by atoms with E-state index in [0.29, 0.717) is 5.69 Å². The molecule has 0 radical (unpaired) electrons. The lowest BCUT2D eigenvalue weighted by atomic mass is 9.96. The van der Waals surface area contributed by atoms with Crippen LogP contribution >= 0.6 is 22.7 Å².